The molecule has 0 radical (unpaired) electrons. The molecule has 0 spiro atoms. The largest absolute Gasteiger partial charge is 0.507 e. The second kappa shape index (κ2) is 17.8. The number of benzene rings is 2. The van der Waals surface area contributed by atoms with Gasteiger partial charge in [0.05, 0.1) is 41.2 Å². The molecule has 6 N–H and O–H groups in total. The number of methoxy groups -OCH3 is 1. The third kappa shape index (κ3) is 9.59. The van der Waals surface area contributed by atoms with E-state index in [-0.39, 0.29) is 44.7 Å². The van der Waals surface area contributed by atoms with E-state index in [0.29, 0.717) is 0 Å². The molecule has 9 atom stereocenters. The van der Waals surface area contributed by atoms with Crippen molar-refractivity contribution in [2.24, 2.45) is 23.7 Å². The minimum absolute atomic E-state index is 0.0675. The zero-order valence-corrected chi connectivity index (χ0v) is 35.3. The predicted octanol–water partition coefficient (Wildman–Crippen LogP) is 5.34. The maximum Gasteiger partial charge on any atom is 0.312 e. The minimum Gasteiger partial charge on any atom is -0.507 e. The Balaban J connectivity index is 1.93. The lowest BCUT2D eigenvalue weighted by molar-refractivity contribution is -0.160. The first-order valence-corrected chi connectivity index (χ1v) is 19.2. The summed E-state index contributed by atoms with van der Waals surface area (Å²) in [5.41, 5.74) is -0.653. The maximum atomic E-state index is 14.4. The number of phenolic OH excluding ortho intramolecular Hbond substituents is 2. The van der Waals surface area contributed by atoms with Crippen molar-refractivity contribution in [1.29, 1.82) is 0 Å². The number of esters is 1. The zero-order valence-electron chi connectivity index (χ0n) is 35.3. The minimum atomic E-state index is -2.03. The number of fused-ring (bicyclic) bond motifs is 14. The molecule has 0 aliphatic carbocycles. The average Bonchev–Trinajstić information content (AvgIpc) is 3.41. The van der Waals surface area contributed by atoms with Gasteiger partial charge in [-0.3, -0.25) is 19.2 Å². The monoisotopic (exact) mass is 810 g/mol. The number of aliphatic hydroxyl groups excluding tert-OH is 2. The number of Topliss-reactive ketones (excluding diaryl/α,β-unsaturated/α-hetero) is 1. The van der Waals surface area contributed by atoms with Crippen LogP contribution in [0.2, 0.25) is 0 Å². The second-order valence-corrected chi connectivity index (χ2v) is 16.5. The number of allylic oxidation sites excluding steroid dienone is 2. The molecule has 3 aliphatic heterocycles. The van der Waals surface area contributed by atoms with Crippen molar-refractivity contribution >= 4 is 40.0 Å². The molecule has 15 nitrogen and oxygen atoms in total. The van der Waals surface area contributed by atoms with Crippen LogP contribution in [-0.4, -0.2) is 93.5 Å². The normalized spacial score (nSPS) is 30.4. The number of phenols is 2. The molecule has 5 bridgehead atoms. The Morgan fingerprint density at radius 2 is 1.62 bits per heavy atom. The van der Waals surface area contributed by atoms with E-state index < -0.39 is 101 Å². The lowest BCUT2D eigenvalue weighted by Crippen LogP contribution is -2.46. The summed E-state index contributed by atoms with van der Waals surface area (Å²) in [5.74, 6) is -8.24. The number of ether oxygens (including phenoxy) is 5. The number of carbonyl (C=O) groups excluding carboxylic acids is 4. The van der Waals surface area contributed by atoms with Gasteiger partial charge in [-0.2, -0.15) is 0 Å². The summed E-state index contributed by atoms with van der Waals surface area (Å²) in [7, 11) is 1.43. The Bertz CT molecular complexity index is 2010. The van der Waals surface area contributed by atoms with Gasteiger partial charge in [0.25, 0.3) is 17.6 Å². The zero-order chi connectivity index (χ0) is 43.6. The fourth-order valence-electron chi connectivity index (χ4n) is 7.35. The van der Waals surface area contributed by atoms with Crippen LogP contribution >= 0.6 is 0 Å². The standard InChI is InChI=1S/C43H58N2O13/c1-20-14-13-15-21(2)41(53)44-27-18-29(55-19-30(47)45-42(8,9)10)31-32(37(27)51)36(50)25(6)39-33(31)40(52)43(11,58-39)56-17-16-28(54-12)22(3)38(57-26(7)46)24(5)35(49)23(4)34(20)48/h13-18,20,22-24,28,34-35,38,48-51H,19H2,1-12H3,(H,44,53)(H,45,47)/b14-13-,17-16-,21-15-. The Morgan fingerprint density at radius 1 is 0.966 bits per heavy atom. The molecule has 2 amide bonds. The molecule has 2 aromatic carbocycles. The number of anilines is 1. The van der Waals surface area contributed by atoms with Crippen LogP contribution in [0.25, 0.3) is 10.8 Å². The lowest BCUT2D eigenvalue weighted by atomic mass is 9.78. The van der Waals surface area contributed by atoms with E-state index in [1.54, 1.807) is 60.6 Å². The highest BCUT2D eigenvalue weighted by Gasteiger charge is 2.49. The van der Waals surface area contributed by atoms with Gasteiger partial charge in [0.15, 0.2) is 12.4 Å². The molecule has 15 heteroatoms. The average molecular weight is 811 g/mol. The quantitative estimate of drug-likeness (QED) is 0.166. The first-order chi connectivity index (χ1) is 26.9. The Labute approximate surface area is 339 Å². The number of aromatic hydroxyl groups is 2. The number of carbonyl (C=O) groups is 4. The van der Waals surface area contributed by atoms with Crippen LogP contribution in [0.1, 0.15) is 85.2 Å². The maximum absolute atomic E-state index is 14.4. The summed E-state index contributed by atoms with van der Waals surface area (Å²) >= 11 is 0. The number of aliphatic hydroxyl groups is 2. The van der Waals surface area contributed by atoms with E-state index in [0.717, 1.165) is 0 Å². The van der Waals surface area contributed by atoms with Crippen LogP contribution in [0.4, 0.5) is 5.69 Å². The first-order valence-electron chi connectivity index (χ1n) is 19.2. The summed E-state index contributed by atoms with van der Waals surface area (Å²) in [5, 5.41) is 51.1. The van der Waals surface area contributed by atoms with Gasteiger partial charge in [-0.05, 0) is 40.7 Å². The Morgan fingerprint density at radius 3 is 2.22 bits per heavy atom. The van der Waals surface area contributed by atoms with E-state index in [9.17, 15) is 39.6 Å². The van der Waals surface area contributed by atoms with E-state index in [4.69, 9.17) is 23.7 Å². The predicted molar refractivity (Wildman–Crippen MR) is 216 cm³/mol. The van der Waals surface area contributed by atoms with Crippen LogP contribution in [0, 0.1) is 30.6 Å². The van der Waals surface area contributed by atoms with Gasteiger partial charge in [-0.1, -0.05) is 45.9 Å². The van der Waals surface area contributed by atoms with Crippen LogP contribution in [0.15, 0.2) is 42.2 Å². The topological polar surface area (TPSA) is 219 Å². The SMILES string of the molecule is COC1/C=C\OC2(C)Oc3c(C)c(O)c4c(O)c(cc(OCC(=O)NC(C)(C)C)c4c3C2=O)NC(=O)/C(C)=C\C=C/C(C)C(O)C(C)C(O)C(C)C(OC(C)=O)C1C. The smallest absolute Gasteiger partial charge is 0.312 e. The van der Waals surface area contributed by atoms with Crippen molar-refractivity contribution in [3.8, 4) is 23.0 Å². The summed E-state index contributed by atoms with van der Waals surface area (Å²) < 4.78 is 29.6. The number of nitrogens with one attached hydrogen (secondary N) is 2. The van der Waals surface area contributed by atoms with Gasteiger partial charge in [-0.15, -0.1) is 0 Å². The molecule has 0 saturated carbocycles. The molecule has 3 heterocycles. The van der Waals surface area contributed by atoms with Crippen molar-refractivity contribution < 1.29 is 63.3 Å². The number of hydrogen-bond acceptors (Lipinski definition) is 13. The van der Waals surface area contributed by atoms with E-state index in [1.807, 2.05) is 0 Å². The van der Waals surface area contributed by atoms with E-state index >= 15 is 0 Å². The molecule has 3 aliphatic rings. The van der Waals surface area contributed by atoms with Gasteiger partial charge in [0.1, 0.15) is 23.4 Å². The highest BCUT2D eigenvalue weighted by atomic mass is 16.7. The number of hydrogen-bond donors (Lipinski definition) is 6. The second-order valence-electron chi connectivity index (χ2n) is 16.5. The summed E-state index contributed by atoms with van der Waals surface area (Å²) in [6.45, 7) is 17.3. The fourth-order valence-corrected chi connectivity index (χ4v) is 7.35. The molecule has 318 valence electrons. The highest BCUT2D eigenvalue weighted by Crippen LogP contribution is 2.54. The van der Waals surface area contributed by atoms with Gasteiger partial charge in [0.2, 0.25) is 0 Å². The Kier molecular flexibility index (Phi) is 14.0. The molecule has 0 fully saturated rings. The molecule has 0 aromatic heterocycles. The van der Waals surface area contributed by atoms with Crippen LogP contribution in [0.5, 0.6) is 23.0 Å². The molecule has 9 unspecified atom stereocenters. The van der Waals surface area contributed by atoms with Crippen molar-refractivity contribution in [2.45, 2.75) is 112 Å². The number of ketones is 1. The van der Waals surface area contributed by atoms with E-state index in [2.05, 4.69) is 10.6 Å². The third-order valence-corrected chi connectivity index (χ3v) is 10.7. The molecule has 0 saturated heterocycles. The van der Waals surface area contributed by atoms with Crippen molar-refractivity contribution in [3.63, 3.8) is 0 Å². The molecule has 58 heavy (non-hydrogen) atoms. The van der Waals surface area contributed by atoms with Crippen LogP contribution < -0.4 is 20.1 Å². The fraction of sp³-hybridized carbons (Fsp3) is 0.535. The Hall–Kier alpha value is -5.12. The number of rotatable bonds is 5. The van der Waals surface area contributed by atoms with E-state index in [1.165, 1.54) is 59.3 Å². The third-order valence-electron chi connectivity index (χ3n) is 10.7. The molecule has 5 rings (SSSR count). The van der Waals surface area contributed by atoms with Gasteiger partial charge < -0.3 is 54.7 Å². The van der Waals surface area contributed by atoms with Gasteiger partial charge >= 0.3 is 11.8 Å². The lowest BCUT2D eigenvalue weighted by Gasteiger charge is -2.38. The first kappa shape index (κ1) is 45.6. The van der Waals surface area contributed by atoms with Crippen molar-refractivity contribution in [1.82, 2.24) is 5.32 Å². The number of amides is 2. The van der Waals surface area contributed by atoms with Gasteiger partial charge in [0, 0.05) is 72.8 Å². The molecular weight excluding hydrogens is 752 g/mol. The highest BCUT2D eigenvalue weighted by molar-refractivity contribution is 6.21. The molecule has 2 aromatic rings. The summed E-state index contributed by atoms with van der Waals surface area (Å²) in [4.78, 5) is 53.2. The van der Waals surface area contributed by atoms with Crippen LogP contribution in [-0.2, 0) is 28.6 Å². The molecular formula is C43H58N2O13. The summed E-state index contributed by atoms with van der Waals surface area (Å²) in [6, 6.07) is 1.25. The van der Waals surface area contributed by atoms with Crippen molar-refractivity contribution in [3.05, 3.63) is 53.3 Å². The van der Waals surface area contributed by atoms with Gasteiger partial charge in [-0.25, -0.2) is 0 Å². The van der Waals surface area contributed by atoms with Crippen molar-refractivity contribution in [2.75, 3.05) is 19.0 Å². The van der Waals surface area contributed by atoms with Crippen LogP contribution in [0.3, 0.4) is 0 Å². The summed E-state index contributed by atoms with van der Waals surface area (Å²) in [6.07, 6.45) is 3.56.